The molecule has 4 aromatic rings. The van der Waals surface area contributed by atoms with Gasteiger partial charge in [-0.1, -0.05) is 12.1 Å². The Hall–Kier alpha value is -4.70. The number of aromatic nitrogens is 2. The second kappa shape index (κ2) is 10.7. The molecule has 2 heterocycles. The van der Waals surface area contributed by atoms with Gasteiger partial charge in [-0.15, -0.1) is 0 Å². The molecule has 10 heteroatoms. The number of carbonyl (C=O) groups is 3. The van der Waals surface area contributed by atoms with Gasteiger partial charge in [-0.25, -0.2) is 0 Å². The van der Waals surface area contributed by atoms with Crippen molar-refractivity contribution in [3.05, 3.63) is 89.1 Å². The molecule has 1 saturated heterocycles. The number of hydrogen-bond acceptors (Lipinski definition) is 6. The number of ether oxygens (including phenoxy) is 2. The maximum Gasteiger partial charge on any atom is 0.276 e. The Kier molecular flexibility index (Phi) is 7.05. The van der Waals surface area contributed by atoms with Crippen LogP contribution >= 0.6 is 0 Å². The van der Waals surface area contributed by atoms with Crippen LogP contribution in [0.3, 0.4) is 0 Å². The number of nitrogens with zero attached hydrogens (tertiary/aromatic N) is 3. The molecule has 1 aliphatic rings. The maximum atomic E-state index is 13.2. The Morgan fingerprint density at radius 1 is 0.974 bits per heavy atom. The molecule has 1 fully saturated rings. The van der Waals surface area contributed by atoms with E-state index in [-0.39, 0.29) is 11.6 Å². The van der Waals surface area contributed by atoms with Crippen LogP contribution in [0.1, 0.15) is 36.8 Å². The molecule has 10 nitrogen and oxygen atoms in total. The van der Waals surface area contributed by atoms with Gasteiger partial charge in [0, 0.05) is 35.3 Å². The number of hydrogen-bond donors (Lipinski definition) is 2. The van der Waals surface area contributed by atoms with Crippen molar-refractivity contribution < 1.29 is 23.9 Å². The van der Waals surface area contributed by atoms with Gasteiger partial charge in [0.25, 0.3) is 11.8 Å². The lowest BCUT2D eigenvalue weighted by Crippen LogP contribution is -2.40. The molecular formula is C28H27N5O5. The van der Waals surface area contributed by atoms with Crippen molar-refractivity contribution in [2.75, 3.05) is 38.7 Å². The molecule has 194 valence electrons. The lowest BCUT2D eigenvalue weighted by molar-refractivity contribution is 0.0303. The molecule has 3 aromatic carbocycles. The normalized spacial score (nSPS) is 13.3. The van der Waals surface area contributed by atoms with Crippen molar-refractivity contribution in [1.29, 1.82) is 0 Å². The number of nitrogens with two attached hydrogens (primary N) is 1. The lowest BCUT2D eigenvalue weighted by Gasteiger charge is -2.26. The summed E-state index contributed by atoms with van der Waals surface area (Å²) < 4.78 is 12.4. The predicted molar refractivity (Wildman–Crippen MR) is 141 cm³/mol. The summed E-state index contributed by atoms with van der Waals surface area (Å²) in [7, 11) is 1.56. The van der Waals surface area contributed by atoms with Crippen LogP contribution in [0.15, 0.2) is 66.7 Å². The first-order valence-electron chi connectivity index (χ1n) is 12.1. The number of rotatable bonds is 7. The molecule has 38 heavy (non-hydrogen) atoms. The standard InChI is InChI=1S/C28H27N5O5/c1-37-22-10-11-24-23(16-22)25(27(35)30-21-8-6-19(7-9-21)26(29)34)31-33(24)17-18-2-4-20(5-3-18)28(36)32-12-14-38-15-13-32/h2-11,16H,12-15,17H2,1H3,(H2,29,34)(H,30,35). The van der Waals surface area contributed by atoms with Crippen LogP contribution in [0.2, 0.25) is 0 Å². The number of carbonyl (C=O) groups excluding carboxylic acids is 3. The SMILES string of the molecule is COc1ccc2c(c1)c(C(=O)Nc1ccc(C(N)=O)cc1)nn2Cc1ccc(C(=O)N2CCOCC2)cc1. The first-order chi connectivity index (χ1) is 18.4. The minimum absolute atomic E-state index is 0.0145. The molecule has 0 atom stereocenters. The monoisotopic (exact) mass is 513 g/mol. The van der Waals surface area contributed by atoms with E-state index in [1.54, 1.807) is 47.0 Å². The molecule has 3 N–H and O–H groups in total. The van der Waals surface area contributed by atoms with Gasteiger partial charge in [0.1, 0.15) is 5.75 Å². The number of fused-ring (bicyclic) bond motifs is 1. The van der Waals surface area contributed by atoms with Crippen molar-refractivity contribution >= 4 is 34.3 Å². The highest BCUT2D eigenvalue weighted by atomic mass is 16.5. The van der Waals surface area contributed by atoms with Crippen LogP contribution in [0.4, 0.5) is 5.69 Å². The number of amides is 3. The number of morpholine rings is 1. The first kappa shape index (κ1) is 25.0. The van der Waals surface area contributed by atoms with Crippen molar-refractivity contribution in [3.63, 3.8) is 0 Å². The molecule has 3 amide bonds. The van der Waals surface area contributed by atoms with Crippen molar-refractivity contribution in [2.24, 2.45) is 5.73 Å². The Morgan fingerprint density at radius 3 is 2.32 bits per heavy atom. The number of benzene rings is 3. The van der Waals surface area contributed by atoms with Crippen LogP contribution in [-0.4, -0.2) is 65.8 Å². The van der Waals surface area contributed by atoms with Gasteiger partial charge in [0.15, 0.2) is 5.69 Å². The quantitative estimate of drug-likeness (QED) is 0.391. The number of anilines is 1. The number of primary amides is 1. The Morgan fingerprint density at radius 2 is 1.66 bits per heavy atom. The molecule has 0 radical (unpaired) electrons. The summed E-state index contributed by atoms with van der Waals surface area (Å²) in [6.45, 7) is 2.67. The first-order valence-corrected chi connectivity index (χ1v) is 12.1. The zero-order chi connectivity index (χ0) is 26.6. The highest BCUT2D eigenvalue weighted by Crippen LogP contribution is 2.26. The summed E-state index contributed by atoms with van der Waals surface area (Å²) >= 11 is 0. The van der Waals surface area contributed by atoms with E-state index in [1.807, 2.05) is 36.4 Å². The van der Waals surface area contributed by atoms with Crippen LogP contribution in [0, 0.1) is 0 Å². The Bertz CT molecular complexity index is 1490. The fraction of sp³-hybridized carbons (Fsp3) is 0.214. The third-order valence-electron chi connectivity index (χ3n) is 6.43. The minimum Gasteiger partial charge on any atom is -0.497 e. The summed E-state index contributed by atoms with van der Waals surface area (Å²) in [6.07, 6.45) is 0. The van der Waals surface area contributed by atoms with E-state index in [0.717, 1.165) is 11.1 Å². The molecule has 0 unspecified atom stereocenters. The van der Waals surface area contributed by atoms with E-state index in [2.05, 4.69) is 10.4 Å². The van der Waals surface area contributed by atoms with Gasteiger partial charge >= 0.3 is 0 Å². The topological polar surface area (TPSA) is 129 Å². The van der Waals surface area contributed by atoms with E-state index in [1.165, 1.54) is 0 Å². The second-order valence-corrected chi connectivity index (χ2v) is 8.89. The molecular weight excluding hydrogens is 486 g/mol. The smallest absolute Gasteiger partial charge is 0.276 e. The predicted octanol–water partition coefficient (Wildman–Crippen LogP) is 2.92. The van der Waals surface area contributed by atoms with Gasteiger partial charge < -0.3 is 25.4 Å². The summed E-state index contributed by atoms with van der Waals surface area (Å²) in [5.74, 6) is -0.360. The van der Waals surface area contributed by atoms with Gasteiger partial charge in [0.2, 0.25) is 5.91 Å². The molecule has 1 aliphatic heterocycles. The summed E-state index contributed by atoms with van der Waals surface area (Å²) in [5, 5.41) is 8.08. The van der Waals surface area contributed by atoms with Crippen LogP contribution < -0.4 is 15.8 Å². The van der Waals surface area contributed by atoms with Crippen LogP contribution in [-0.2, 0) is 11.3 Å². The van der Waals surface area contributed by atoms with E-state index in [0.29, 0.717) is 60.8 Å². The summed E-state index contributed by atoms with van der Waals surface area (Å²) in [5.41, 5.74) is 8.69. The van der Waals surface area contributed by atoms with E-state index >= 15 is 0 Å². The fourth-order valence-electron chi connectivity index (χ4n) is 4.36. The van der Waals surface area contributed by atoms with E-state index in [9.17, 15) is 14.4 Å². The molecule has 0 spiro atoms. The van der Waals surface area contributed by atoms with Crippen LogP contribution in [0.5, 0.6) is 5.75 Å². The van der Waals surface area contributed by atoms with Crippen molar-refractivity contribution in [1.82, 2.24) is 14.7 Å². The Labute approximate surface area is 218 Å². The second-order valence-electron chi connectivity index (χ2n) is 8.89. The largest absolute Gasteiger partial charge is 0.497 e. The van der Waals surface area contributed by atoms with Crippen LogP contribution in [0.25, 0.3) is 10.9 Å². The third kappa shape index (κ3) is 5.21. The molecule has 0 saturated carbocycles. The summed E-state index contributed by atoms with van der Waals surface area (Å²) in [4.78, 5) is 39.1. The molecule has 1 aromatic heterocycles. The van der Waals surface area contributed by atoms with Gasteiger partial charge in [-0.3, -0.25) is 19.1 Å². The molecule has 0 aliphatic carbocycles. The molecule has 5 rings (SSSR count). The van der Waals surface area contributed by atoms with Gasteiger partial charge in [0.05, 0.1) is 32.4 Å². The highest BCUT2D eigenvalue weighted by molar-refractivity contribution is 6.11. The highest BCUT2D eigenvalue weighted by Gasteiger charge is 2.20. The minimum atomic E-state index is -0.543. The fourth-order valence-corrected chi connectivity index (χ4v) is 4.36. The van der Waals surface area contributed by atoms with Gasteiger partial charge in [-0.05, 0) is 60.2 Å². The average molecular weight is 514 g/mol. The molecule has 0 bridgehead atoms. The zero-order valence-electron chi connectivity index (χ0n) is 20.8. The summed E-state index contributed by atoms with van der Waals surface area (Å²) in [6, 6.07) is 19.2. The number of methoxy groups -OCH3 is 1. The maximum absolute atomic E-state index is 13.2. The average Bonchev–Trinajstić information content (AvgIpc) is 3.31. The zero-order valence-corrected chi connectivity index (χ0v) is 20.8. The van der Waals surface area contributed by atoms with Gasteiger partial charge in [-0.2, -0.15) is 5.10 Å². The van der Waals surface area contributed by atoms with Crippen molar-refractivity contribution in [2.45, 2.75) is 6.54 Å². The van der Waals surface area contributed by atoms with Crippen molar-refractivity contribution in [3.8, 4) is 5.75 Å². The lowest BCUT2D eigenvalue weighted by atomic mass is 10.1. The third-order valence-corrected chi connectivity index (χ3v) is 6.43. The number of nitrogens with one attached hydrogen (secondary N) is 1. The van der Waals surface area contributed by atoms with E-state index in [4.69, 9.17) is 15.2 Å². The van der Waals surface area contributed by atoms with E-state index < -0.39 is 11.8 Å². The Balaban J connectivity index is 1.39.